The fraction of sp³-hybridized carbons (Fsp3) is 0.100. The van der Waals surface area contributed by atoms with Crippen LogP contribution in [0.4, 0.5) is 0 Å². The summed E-state index contributed by atoms with van der Waals surface area (Å²) in [5, 5.41) is 3.97. The lowest BCUT2D eigenvalue weighted by Gasteiger charge is -2.03. The Morgan fingerprint density at radius 1 is 1.25 bits per heavy atom. The summed E-state index contributed by atoms with van der Waals surface area (Å²) in [4.78, 5) is 0.192. The van der Waals surface area contributed by atoms with Crippen LogP contribution in [-0.2, 0) is 10.0 Å². The van der Waals surface area contributed by atoms with Gasteiger partial charge in [0.25, 0.3) is 10.0 Å². The standard InChI is InChI=1S/C10H9ClN2O2S/c1-8-2-4-10(5-3-8)16(14,15)13-7-9(11)6-12-13/h2-7H,1H3. The lowest BCUT2D eigenvalue weighted by molar-refractivity contribution is 0.580. The number of benzene rings is 1. The van der Waals surface area contributed by atoms with Gasteiger partial charge in [0.2, 0.25) is 0 Å². The molecule has 1 aromatic carbocycles. The first-order valence-electron chi connectivity index (χ1n) is 4.52. The van der Waals surface area contributed by atoms with Crippen LogP contribution in [0.5, 0.6) is 0 Å². The van der Waals surface area contributed by atoms with Crippen LogP contribution in [0.25, 0.3) is 0 Å². The van der Waals surface area contributed by atoms with Crippen molar-refractivity contribution in [3.05, 3.63) is 47.2 Å². The third-order valence-corrected chi connectivity index (χ3v) is 3.85. The van der Waals surface area contributed by atoms with Crippen LogP contribution in [0.15, 0.2) is 41.6 Å². The van der Waals surface area contributed by atoms with Crippen LogP contribution in [0.1, 0.15) is 5.56 Å². The minimum absolute atomic E-state index is 0.192. The minimum Gasteiger partial charge on any atom is -0.199 e. The summed E-state index contributed by atoms with van der Waals surface area (Å²) < 4.78 is 24.9. The first kappa shape index (κ1) is 11.2. The van der Waals surface area contributed by atoms with Gasteiger partial charge in [0.15, 0.2) is 0 Å². The summed E-state index contributed by atoms with van der Waals surface area (Å²) in [5.41, 5.74) is 0.998. The van der Waals surface area contributed by atoms with Gasteiger partial charge in [-0.3, -0.25) is 0 Å². The van der Waals surface area contributed by atoms with Gasteiger partial charge in [-0.25, -0.2) is 0 Å². The number of hydrogen-bond donors (Lipinski definition) is 0. The summed E-state index contributed by atoms with van der Waals surface area (Å²) >= 11 is 5.63. The Hall–Kier alpha value is -1.33. The zero-order valence-electron chi connectivity index (χ0n) is 8.46. The quantitative estimate of drug-likeness (QED) is 0.827. The highest BCUT2D eigenvalue weighted by Crippen LogP contribution is 2.15. The van der Waals surface area contributed by atoms with Gasteiger partial charge >= 0.3 is 0 Å². The van der Waals surface area contributed by atoms with E-state index in [1.807, 2.05) is 6.92 Å². The molecule has 1 heterocycles. The Morgan fingerprint density at radius 3 is 2.38 bits per heavy atom. The van der Waals surface area contributed by atoms with Crippen molar-refractivity contribution in [3.8, 4) is 0 Å². The van der Waals surface area contributed by atoms with E-state index in [4.69, 9.17) is 11.6 Å². The summed E-state index contributed by atoms with van der Waals surface area (Å²) in [6, 6.07) is 6.55. The molecule has 0 radical (unpaired) electrons. The van der Waals surface area contributed by atoms with Crippen molar-refractivity contribution in [2.75, 3.05) is 0 Å². The van der Waals surface area contributed by atoms with Crippen LogP contribution < -0.4 is 0 Å². The molecule has 0 saturated carbocycles. The Morgan fingerprint density at radius 2 is 1.88 bits per heavy atom. The maximum Gasteiger partial charge on any atom is 0.282 e. The fourth-order valence-corrected chi connectivity index (χ4v) is 2.55. The molecule has 0 saturated heterocycles. The molecular formula is C10H9ClN2O2S. The molecule has 0 atom stereocenters. The minimum atomic E-state index is -3.61. The molecule has 2 aromatic rings. The monoisotopic (exact) mass is 256 g/mol. The summed E-state index contributed by atoms with van der Waals surface area (Å²) in [6.07, 6.45) is 2.55. The number of aromatic nitrogens is 2. The molecule has 0 N–H and O–H groups in total. The summed E-state index contributed by atoms with van der Waals surface area (Å²) in [7, 11) is -3.61. The third-order valence-electron chi connectivity index (χ3n) is 2.09. The van der Waals surface area contributed by atoms with Crippen LogP contribution in [0.2, 0.25) is 5.02 Å². The van der Waals surface area contributed by atoms with Gasteiger partial charge < -0.3 is 0 Å². The van der Waals surface area contributed by atoms with E-state index in [2.05, 4.69) is 5.10 Å². The molecule has 0 aliphatic carbocycles. The second kappa shape index (κ2) is 3.92. The van der Waals surface area contributed by atoms with Gasteiger partial charge in [-0.15, -0.1) is 0 Å². The van der Waals surface area contributed by atoms with Crippen molar-refractivity contribution >= 4 is 21.6 Å². The predicted octanol–water partition coefficient (Wildman–Crippen LogP) is 2.08. The van der Waals surface area contributed by atoms with E-state index < -0.39 is 10.0 Å². The van der Waals surface area contributed by atoms with Crippen molar-refractivity contribution < 1.29 is 8.42 Å². The third kappa shape index (κ3) is 1.96. The predicted molar refractivity (Wildman–Crippen MR) is 61.0 cm³/mol. The Labute approximate surface area is 98.5 Å². The van der Waals surface area contributed by atoms with Crippen molar-refractivity contribution in [2.24, 2.45) is 0 Å². The van der Waals surface area contributed by atoms with Crippen molar-refractivity contribution in [1.82, 2.24) is 9.19 Å². The molecule has 0 aliphatic rings. The highest BCUT2D eigenvalue weighted by atomic mass is 35.5. The normalized spacial score (nSPS) is 11.6. The molecule has 0 unspecified atom stereocenters. The van der Waals surface area contributed by atoms with Crippen molar-refractivity contribution in [3.63, 3.8) is 0 Å². The Kier molecular flexibility index (Phi) is 2.73. The maximum atomic E-state index is 12.0. The van der Waals surface area contributed by atoms with Gasteiger partial charge in [0.1, 0.15) is 0 Å². The van der Waals surface area contributed by atoms with Gasteiger partial charge in [-0.05, 0) is 19.1 Å². The first-order valence-corrected chi connectivity index (χ1v) is 6.34. The molecule has 2 rings (SSSR count). The molecular weight excluding hydrogens is 248 g/mol. The molecule has 0 spiro atoms. The number of aryl methyl sites for hydroxylation is 1. The van der Waals surface area contributed by atoms with Crippen LogP contribution >= 0.6 is 11.6 Å². The van der Waals surface area contributed by atoms with Crippen LogP contribution in [0.3, 0.4) is 0 Å². The zero-order valence-corrected chi connectivity index (χ0v) is 10.0. The summed E-state index contributed by atoms with van der Waals surface area (Å²) in [5.74, 6) is 0. The SMILES string of the molecule is Cc1ccc(S(=O)(=O)n2cc(Cl)cn2)cc1. The van der Waals surface area contributed by atoms with Crippen molar-refractivity contribution in [2.45, 2.75) is 11.8 Å². The number of rotatable bonds is 2. The molecule has 1 aromatic heterocycles. The van der Waals surface area contributed by atoms with E-state index >= 15 is 0 Å². The Bertz CT molecular complexity index is 602. The van der Waals surface area contributed by atoms with Gasteiger partial charge in [-0.1, -0.05) is 29.3 Å². The molecule has 4 nitrogen and oxygen atoms in total. The maximum absolute atomic E-state index is 12.0. The van der Waals surface area contributed by atoms with Crippen LogP contribution in [-0.4, -0.2) is 17.6 Å². The van der Waals surface area contributed by atoms with Gasteiger partial charge in [0, 0.05) is 0 Å². The lowest BCUT2D eigenvalue weighted by Crippen LogP contribution is -2.13. The highest BCUT2D eigenvalue weighted by molar-refractivity contribution is 7.89. The lowest BCUT2D eigenvalue weighted by atomic mass is 10.2. The zero-order chi connectivity index (χ0) is 11.8. The summed E-state index contributed by atoms with van der Waals surface area (Å²) in [6.45, 7) is 1.89. The second-order valence-electron chi connectivity index (χ2n) is 3.35. The van der Waals surface area contributed by atoms with Crippen LogP contribution in [0, 0.1) is 6.92 Å². The van der Waals surface area contributed by atoms with E-state index in [0.29, 0.717) is 0 Å². The fourth-order valence-electron chi connectivity index (χ4n) is 1.23. The first-order chi connectivity index (χ1) is 7.50. The molecule has 0 amide bonds. The Balaban J connectivity index is 2.51. The molecule has 84 valence electrons. The average molecular weight is 257 g/mol. The number of hydrogen-bond acceptors (Lipinski definition) is 3. The number of nitrogens with zero attached hydrogens (tertiary/aromatic N) is 2. The van der Waals surface area contributed by atoms with Gasteiger partial charge in [-0.2, -0.15) is 17.6 Å². The van der Waals surface area contributed by atoms with E-state index in [1.165, 1.54) is 12.4 Å². The van der Waals surface area contributed by atoms with E-state index in [0.717, 1.165) is 9.65 Å². The molecule has 0 fully saturated rings. The molecule has 0 bridgehead atoms. The topological polar surface area (TPSA) is 52.0 Å². The number of halogens is 1. The van der Waals surface area contributed by atoms with Crippen molar-refractivity contribution in [1.29, 1.82) is 0 Å². The average Bonchev–Trinajstić information content (AvgIpc) is 2.66. The molecule has 6 heteroatoms. The van der Waals surface area contributed by atoms with E-state index in [-0.39, 0.29) is 9.92 Å². The highest BCUT2D eigenvalue weighted by Gasteiger charge is 2.17. The smallest absolute Gasteiger partial charge is 0.199 e. The second-order valence-corrected chi connectivity index (χ2v) is 5.58. The van der Waals surface area contributed by atoms with E-state index in [1.54, 1.807) is 24.3 Å². The molecule has 16 heavy (non-hydrogen) atoms. The van der Waals surface area contributed by atoms with E-state index in [9.17, 15) is 8.42 Å². The largest absolute Gasteiger partial charge is 0.282 e. The molecule has 0 aliphatic heterocycles. The van der Waals surface area contributed by atoms with Gasteiger partial charge in [0.05, 0.1) is 22.3 Å².